The van der Waals surface area contributed by atoms with Gasteiger partial charge in [0.1, 0.15) is 40.4 Å². The molecule has 0 saturated heterocycles. The monoisotopic (exact) mass is 536 g/mol. The summed E-state index contributed by atoms with van der Waals surface area (Å²) in [5.74, 6) is 1.10. The molecule has 1 aliphatic rings. The van der Waals surface area contributed by atoms with Crippen molar-refractivity contribution in [3.8, 4) is 34.8 Å². The van der Waals surface area contributed by atoms with Crippen molar-refractivity contribution in [1.82, 2.24) is 0 Å². The molecule has 0 fully saturated rings. The van der Waals surface area contributed by atoms with Gasteiger partial charge in [0, 0.05) is 21.7 Å². The minimum absolute atomic E-state index is 0.0445. The van der Waals surface area contributed by atoms with Gasteiger partial charge in [-0.05, 0) is 48.5 Å². The van der Waals surface area contributed by atoms with Crippen LogP contribution in [0.4, 0.5) is 0 Å². The van der Waals surface area contributed by atoms with Crippen LogP contribution in [0.3, 0.4) is 0 Å². The molecule has 1 atom stereocenters. The van der Waals surface area contributed by atoms with Crippen LogP contribution in [0.1, 0.15) is 17.0 Å². The van der Waals surface area contributed by atoms with E-state index >= 15 is 0 Å². The van der Waals surface area contributed by atoms with Crippen molar-refractivity contribution in [2.75, 3.05) is 20.8 Å². The number of methoxy groups -OCH3 is 2. The van der Waals surface area contributed by atoms with E-state index in [4.69, 9.17) is 29.4 Å². The van der Waals surface area contributed by atoms with E-state index in [1.165, 1.54) is 0 Å². The largest absolute Gasteiger partial charge is 0.497 e. The van der Waals surface area contributed by atoms with E-state index in [-0.39, 0.29) is 23.8 Å². The summed E-state index contributed by atoms with van der Waals surface area (Å²) in [6.45, 7) is -0.274. The van der Waals surface area contributed by atoms with Crippen LogP contribution >= 0.6 is 15.9 Å². The molecule has 3 aromatic rings. The van der Waals surface area contributed by atoms with E-state index in [1.54, 1.807) is 62.8 Å². The number of esters is 1. The number of hydrogen-bond donors (Lipinski definition) is 1. The molecular formula is C26H21BrN2O6. The molecule has 0 amide bonds. The molecule has 3 aromatic carbocycles. The zero-order valence-corrected chi connectivity index (χ0v) is 20.5. The predicted molar refractivity (Wildman–Crippen MR) is 131 cm³/mol. The minimum atomic E-state index is -0.587. The topological polar surface area (TPSA) is 113 Å². The number of benzene rings is 3. The average Bonchev–Trinajstić information content (AvgIpc) is 2.87. The lowest BCUT2D eigenvalue weighted by molar-refractivity contribution is -0.136. The number of allylic oxidation sites excluding steroid dienone is 1. The van der Waals surface area contributed by atoms with Crippen LogP contribution in [0.2, 0.25) is 0 Å². The van der Waals surface area contributed by atoms with E-state index in [0.717, 1.165) is 4.47 Å². The highest BCUT2D eigenvalue weighted by molar-refractivity contribution is 9.10. The Bertz CT molecular complexity index is 1330. The Balaban J connectivity index is 1.60. The minimum Gasteiger partial charge on any atom is -0.497 e. The van der Waals surface area contributed by atoms with Gasteiger partial charge in [-0.2, -0.15) is 5.26 Å². The fourth-order valence-corrected chi connectivity index (χ4v) is 3.98. The molecule has 1 aliphatic heterocycles. The SMILES string of the molecule is COc1ccc(OC)c(C2C(C#N)=C(N)Oc3cc(OC(=O)COc4ccc(Br)cc4)ccc32)c1. The third-order valence-corrected chi connectivity index (χ3v) is 5.87. The Hall–Kier alpha value is -4.16. The standard InChI is InChI=1S/C26H21BrN2O6/c1-31-17-8-10-22(32-2)20(11-17)25-19-9-7-18(12-23(19)35-26(29)21(25)13-28)34-24(30)14-33-16-5-3-15(27)4-6-16/h3-12,25H,14,29H2,1-2H3. The van der Waals surface area contributed by atoms with Crippen LogP contribution in [-0.2, 0) is 4.79 Å². The summed E-state index contributed by atoms with van der Waals surface area (Å²) in [5.41, 5.74) is 7.68. The lowest BCUT2D eigenvalue weighted by Gasteiger charge is -2.28. The van der Waals surface area contributed by atoms with Crippen LogP contribution in [0, 0.1) is 11.3 Å². The van der Waals surface area contributed by atoms with Crippen molar-refractivity contribution in [2.24, 2.45) is 5.73 Å². The quantitative estimate of drug-likeness (QED) is 0.342. The molecule has 8 nitrogen and oxygen atoms in total. The molecule has 0 aromatic heterocycles. The second-order valence-electron chi connectivity index (χ2n) is 7.45. The lowest BCUT2D eigenvalue weighted by atomic mass is 9.83. The smallest absolute Gasteiger partial charge is 0.349 e. The number of hydrogen-bond acceptors (Lipinski definition) is 8. The molecule has 0 radical (unpaired) electrons. The highest BCUT2D eigenvalue weighted by atomic mass is 79.9. The van der Waals surface area contributed by atoms with E-state index in [1.807, 2.05) is 12.1 Å². The average molecular weight is 537 g/mol. The normalized spacial score (nSPS) is 14.3. The lowest BCUT2D eigenvalue weighted by Crippen LogP contribution is -2.22. The van der Waals surface area contributed by atoms with Crippen LogP contribution in [-0.4, -0.2) is 26.8 Å². The van der Waals surface area contributed by atoms with Gasteiger partial charge in [-0.1, -0.05) is 22.0 Å². The van der Waals surface area contributed by atoms with Crippen molar-refractivity contribution < 1.29 is 28.5 Å². The van der Waals surface area contributed by atoms with Gasteiger partial charge in [-0.15, -0.1) is 0 Å². The highest BCUT2D eigenvalue weighted by Gasteiger charge is 2.33. The van der Waals surface area contributed by atoms with E-state index in [0.29, 0.717) is 34.1 Å². The zero-order chi connectivity index (χ0) is 24.9. The Morgan fingerprint density at radius 2 is 1.71 bits per heavy atom. The Morgan fingerprint density at radius 3 is 2.40 bits per heavy atom. The molecule has 35 heavy (non-hydrogen) atoms. The molecule has 178 valence electrons. The molecule has 0 spiro atoms. The summed E-state index contributed by atoms with van der Waals surface area (Å²) >= 11 is 3.34. The zero-order valence-electron chi connectivity index (χ0n) is 18.9. The van der Waals surface area contributed by atoms with Gasteiger partial charge in [0.2, 0.25) is 5.88 Å². The van der Waals surface area contributed by atoms with Gasteiger partial charge in [-0.25, -0.2) is 4.79 Å². The number of nitrogens with zero attached hydrogens (tertiary/aromatic N) is 1. The molecule has 2 N–H and O–H groups in total. The van der Waals surface area contributed by atoms with Crippen molar-refractivity contribution in [1.29, 1.82) is 5.26 Å². The summed E-state index contributed by atoms with van der Waals surface area (Å²) in [4.78, 5) is 12.3. The molecule has 0 bridgehead atoms. The molecule has 0 aliphatic carbocycles. The third-order valence-electron chi connectivity index (χ3n) is 5.34. The summed E-state index contributed by atoms with van der Waals surface area (Å²) < 4.78 is 28.4. The molecule has 9 heteroatoms. The number of halogens is 1. The first-order valence-corrected chi connectivity index (χ1v) is 11.2. The Labute approximate surface area is 210 Å². The predicted octanol–water partition coefficient (Wildman–Crippen LogP) is 4.67. The maximum atomic E-state index is 12.3. The maximum absolute atomic E-state index is 12.3. The first-order valence-electron chi connectivity index (χ1n) is 10.5. The number of rotatable bonds is 7. The van der Waals surface area contributed by atoms with Crippen molar-refractivity contribution in [3.05, 3.63) is 87.7 Å². The summed E-state index contributed by atoms with van der Waals surface area (Å²) in [6, 6.07) is 19.4. The first-order chi connectivity index (χ1) is 16.9. The van der Waals surface area contributed by atoms with Crippen molar-refractivity contribution in [3.63, 3.8) is 0 Å². The maximum Gasteiger partial charge on any atom is 0.349 e. The van der Waals surface area contributed by atoms with Crippen molar-refractivity contribution >= 4 is 21.9 Å². The number of fused-ring (bicyclic) bond motifs is 1. The second-order valence-corrected chi connectivity index (χ2v) is 8.36. The van der Waals surface area contributed by atoms with Gasteiger partial charge in [0.15, 0.2) is 6.61 Å². The first kappa shape index (κ1) is 24.0. The Kier molecular flexibility index (Phi) is 7.13. The molecule has 1 heterocycles. The molecular weight excluding hydrogens is 516 g/mol. The summed E-state index contributed by atoms with van der Waals surface area (Å²) in [7, 11) is 3.10. The van der Waals surface area contributed by atoms with Gasteiger partial charge < -0.3 is 29.4 Å². The van der Waals surface area contributed by atoms with Crippen LogP contribution in [0.5, 0.6) is 28.7 Å². The molecule has 1 unspecified atom stereocenters. The number of nitriles is 1. The fraction of sp³-hybridized carbons (Fsp3) is 0.154. The van der Waals surface area contributed by atoms with Crippen LogP contribution in [0.15, 0.2) is 76.6 Å². The van der Waals surface area contributed by atoms with Gasteiger partial charge in [0.25, 0.3) is 0 Å². The summed E-state index contributed by atoms with van der Waals surface area (Å²) in [6.07, 6.45) is 0. The molecule has 4 rings (SSSR count). The second kappa shape index (κ2) is 10.4. The molecule has 0 saturated carbocycles. The van der Waals surface area contributed by atoms with Crippen LogP contribution < -0.4 is 29.4 Å². The van der Waals surface area contributed by atoms with Gasteiger partial charge in [-0.3, -0.25) is 0 Å². The van der Waals surface area contributed by atoms with Crippen molar-refractivity contribution in [2.45, 2.75) is 5.92 Å². The van der Waals surface area contributed by atoms with E-state index in [2.05, 4.69) is 22.0 Å². The number of ether oxygens (including phenoxy) is 5. The summed E-state index contributed by atoms with van der Waals surface area (Å²) in [5, 5.41) is 9.82. The number of nitrogens with two attached hydrogens (primary N) is 1. The van der Waals surface area contributed by atoms with Gasteiger partial charge in [0.05, 0.1) is 20.1 Å². The van der Waals surface area contributed by atoms with Gasteiger partial charge >= 0.3 is 5.97 Å². The Morgan fingerprint density at radius 1 is 1.00 bits per heavy atom. The fourth-order valence-electron chi connectivity index (χ4n) is 3.72. The van der Waals surface area contributed by atoms with E-state index < -0.39 is 11.9 Å². The number of carbonyl (C=O) groups excluding carboxylic acids is 1. The van der Waals surface area contributed by atoms with E-state index in [9.17, 15) is 10.1 Å². The third kappa shape index (κ3) is 5.18. The number of carbonyl (C=O) groups is 1. The highest BCUT2D eigenvalue weighted by Crippen LogP contribution is 2.46. The van der Waals surface area contributed by atoms with Crippen LogP contribution in [0.25, 0.3) is 0 Å².